The standard InChI is InChI=1S/C16H27N5/c1-5-13(4)20-6-8-21(9-7-20)16-14(15(17)18)11(2)10-12(3)19-16/h10,13H,5-9H2,1-4H3,(H3,17,18). The number of nitrogens with zero attached hydrogens (tertiary/aromatic N) is 3. The third-order valence-corrected chi connectivity index (χ3v) is 4.42. The fraction of sp³-hybridized carbons (Fsp3) is 0.625. The number of nitrogens with one attached hydrogen (secondary N) is 1. The summed E-state index contributed by atoms with van der Waals surface area (Å²) < 4.78 is 0. The molecule has 3 N–H and O–H groups in total. The Kier molecular flexibility index (Phi) is 4.83. The summed E-state index contributed by atoms with van der Waals surface area (Å²) in [5.74, 6) is 0.989. The summed E-state index contributed by atoms with van der Waals surface area (Å²) in [6, 6.07) is 2.63. The number of aryl methyl sites for hydroxylation is 2. The van der Waals surface area contributed by atoms with Crippen molar-refractivity contribution in [1.82, 2.24) is 9.88 Å². The van der Waals surface area contributed by atoms with Gasteiger partial charge in [-0.05, 0) is 38.8 Å². The van der Waals surface area contributed by atoms with Gasteiger partial charge in [-0.3, -0.25) is 10.3 Å². The molecule has 1 aliphatic heterocycles. The second-order valence-electron chi connectivity index (χ2n) is 5.97. The van der Waals surface area contributed by atoms with Crippen LogP contribution in [0.1, 0.15) is 37.1 Å². The first-order valence-corrected chi connectivity index (χ1v) is 7.75. The van der Waals surface area contributed by atoms with Gasteiger partial charge in [0.25, 0.3) is 0 Å². The van der Waals surface area contributed by atoms with Gasteiger partial charge in [-0.15, -0.1) is 0 Å². The van der Waals surface area contributed by atoms with Gasteiger partial charge < -0.3 is 10.6 Å². The number of rotatable bonds is 4. The molecule has 0 saturated carbocycles. The lowest BCUT2D eigenvalue weighted by Gasteiger charge is -2.39. The summed E-state index contributed by atoms with van der Waals surface area (Å²) in [7, 11) is 0. The third-order valence-electron chi connectivity index (χ3n) is 4.42. The van der Waals surface area contributed by atoms with Crippen LogP contribution in [0.5, 0.6) is 0 Å². The Hall–Kier alpha value is -1.62. The predicted octanol–water partition coefficient (Wildman–Crippen LogP) is 1.90. The average Bonchev–Trinajstić information content (AvgIpc) is 2.45. The van der Waals surface area contributed by atoms with Crippen molar-refractivity contribution in [3.8, 4) is 0 Å². The molecule has 0 aliphatic carbocycles. The van der Waals surface area contributed by atoms with E-state index in [9.17, 15) is 0 Å². The van der Waals surface area contributed by atoms with E-state index in [2.05, 4.69) is 28.6 Å². The maximum Gasteiger partial charge on any atom is 0.140 e. The zero-order chi connectivity index (χ0) is 15.6. The Morgan fingerprint density at radius 1 is 1.33 bits per heavy atom. The molecule has 0 bridgehead atoms. The number of anilines is 1. The fourth-order valence-electron chi connectivity index (χ4n) is 3.01. The van der Waals surface area contributed by atoms with Crippen molar-refractivity contribution < 1.29 is 0 Å². The van der Waals surface area contributed by atoms with Crippen LogP contribution in [-0.4, -0.2) is 47.9 Å². The van der Waals surface area contributed by atoms with Gasteiger partial charge in [0.2, 0.25) is 0 Å². The highest BCUT2D eigenvalue weighted by molar-refractivity contribution is 6.01. The molecule has 116 valence electrons. The molecule has 1 atom stereocenters. The molecular formula is C16H27N5. The third kappa shape index (κ3) is 3.35. The molecule has 5 heteroatoms. The SMILES string of the molecule is CCC(C)N1CCN(c2nc(C)cc(C)c2C(=N)N)CC1. The first-order chi connectivity index (χ1) is 9.93. The van der Waals surface area contributed by atoms with Gasteiger partial charge in [-0.2, -0.15) is 0 Å². The first kappa shape index (κ1) is 15.8. The maximum absolute atomic E-state index is 7.84. The number of nitrogens with two attached hydrogens (primary N) is 1. The van der Waals surface area contributed by atoms with Crippen molar-refractivity contribution in [1.29, 1.82) is 5.41 Å². The molecule has 2 rings (SSSR count). The number of hydrogen-bond donors (Lipinski definition) is 2. The molecule has 1 aromatic heterocycles. The van der Waals surface area contributed by atoms with E-state index in [1.807, 2.05) is 19.9 Å². The van der Waals surface area contributed by atoms with Gasteiger partial charge in [0.15, 0.2) is 0 Å². The summed E-state index contributed by atoms with van der Waals surface area (Å²) >= 11 is 0. The zero-order valence-corrected chi connectivity index (χ0v) is 13.6. The van der Waals surface area contributed by atoms with Crippen LogP contribution in [0.4, 0.5) is 5.82 Å². The van der Waals surface area contributed by atoms with Crippen LogP contribution in [0, 0.1) is 19.3 Å². The Bertz CT molecular complexity index is 518. The number of nitrogen functional groups attached to an aromatic ring is 1. The number of pyridine rings is 1. The second-order valence-corrected chi connectivity index (χ2v) is 5.97. The molecule has 1 unspecified atom stereocenters. The van der Waals surface area contributed by atoms with E-state index in [1.54, 1.807) is 0 Å². The van der Waals surface area contributed by atoms with Crippen LogP contribution in [0.3, 0.4) is 0 Å². The van der Waals surface area contributed by atoms with Crippen molar-refractivity contribution >= 4 is 11.7 Å². The fourth-order valence-corrected chi connectivity index (χ4v) is 3.01. The average molecular weight is 289 g/mol. The molecule has 1 aliphatic rings. The smallest absolute Gasteiger partial charge is 0.140 e. The Morgan fingerprint density at radius 2 is 1.95 bits per heavy atom. The Balaban J connectivity index is 2.22. The van der Waals surface area contributed by atoms with Crippen LogP contribution in [0.2, 0.25) is 0 Å². The Labute approximate surface area is 127 Å². The predicted molar refractivity (Wildman–Crippen MR) is 88.3 cm³/mol. The normalized spacial score (nSPS) is 17.8. The maximum atomic E-state index is 7.84. The molecule has 0 spiro atoms. The van der Waals surface area contributed by atoms with Crippen LogP contribution >= 0.6 is 0 Å². The van der Waals surface area contributed by atoms with Crippen molar-refractivity contribution in [3.05, 3.63) is 22.9 Å². The van der Waals surface area contributed by atoms with E-state index in [0.29, 0.717) is 6.04 Å². The lowest BCUT2D eigenvalue weighted by molar-refractivity contribution is 0.192. The van der Waals surface area contributed by atoms with Gasteiger partial charge >= 0.3 is 0 Å². The molecule has 0 radical (unpaired) electrons. The van der Waals surface area contributed by atoms with Gasteiger partial charge in [0.1, 0.15) is 11.7 Å². The van der Waals surface area contributed by atoms with E-state index in [1.165, 1.54) is 6.42 Å². The van der Waals surface area contributed by atoms with Gasteiger partial charge in [0.05, 0.1) is 5.56 Å². The molecule has 21 heavy (non-hydrogen) atoms. The molecule has 0 amide bonds. The molecule has 0 aromatic carbocycles. The highest BCUT2D eigenvalue weighted by Crippen LogP contribution is 2.24. The van der Waals surface area contributed by atoms with Gasteiger partial charge in [0, 0.05) is 37.9 Å². The minimum absolute atomic E-state index is 0.111. The monoisotopic (exact) mass is 289 g/mol. The van der Waals surface area contributed by atoms with E-state index >= 15 is 0 Å². The highest BCUT2D eigenvalue weighted by Gasteiger charge is 2.24. The van der Waals surface area contributed by atoms with Gasteiger partial charge in [-0.1, -0.05) is 6.92 Å². The molecular weight excluding hydrogens is 262 g/mol. The number of aromatic nitrogens is 1. The lowest BCUT2D eigenvalue weighted by atomic mass is 10.1. The Morgan fingerprint density at radius 3 is 2.48 bits per heavy atom. The molecule has 1 aromatic rings. The molecule has 1 fully saturated rings. The van der Waals surface area contributed by atoms with Crippen LogP contribution < -0.4 is 10.6 Å². The quantitative estimate of drug-likeness (QED) is 0.656. The molecule has 1 saturated heterocycles. The van der Waals surface area contributed by atoms with Crippen LogP contribution in [0.25, 0.3) is 0 Å². The van der Waals surface area contributed by atoms with E-state index in [4.69, 9.17) is 11.1 Å². The van der Waals surface area contributed by atoms with Crippen molar-refractivity contribution in [2.75, 3.05) is 31.1 Å². The largest absolute Gasteiger partial charge is 0.384 e. The minimum atomic E-state index is 0.111. The summed E-state index contributed by atoms with van der Waals surface area (Å²) in [5, 5.41) is 7.84. The van der Waals surface area contributed by atoms with Crippen molar-refractivity contribution in [2.45, 2.75) is 40.2 Å². The minimum Gasteiger partial charge on any atom is -0.384 e. The topological polar surface area (TPSA) is 69.2 Å². The van der Waals surface area contributed by atoms with Gasteiger partial charge in [-0.25, -0.2) is 4.98 Å². The summed E-state index contributed by atoms with van der Waals surface area (Å²) in [5.41, 5.74) is 8.58. The van der Waals surface area contributed by atoms with E-state index in [0.717, 1.165) is 48.8 Å². The summed E-state index contributed by atoms with van der Waals surface area (Å²) in [6.07, 6.45) is 1.18. The molecule has 5 nitrogen and oxygen atoms in total. The van der Waals surface area contributed by atoms with Crippen LogP contribution in [0.15, 0.2) is 6.07 Å². The van der Waals surface area contributed by atoms with Crippen molar-refractivity contribution in [3.63, 3.8) is 0 Å². The summed E-state index contributed by atoms with van der Waals surface area (Å²) in [6.45, 7) is 12.5. The van der Waals surface area contributed by atoms with Crippen molar-refractivity contribution in [2.24, 2.45) is 5.73 Å². The first-order valence-electron chi connectivity index (χ1n) is 7.75. The summed E-state index contributed by atoms with van der Waals surface area (Å²) in [4.78, 5) is 9.45. The van der Waals surface area contributed by atoms with E-state index in [-0.39, 0.29) is 5.84 Å². The number of amidine groups is 1. The number of hydrogen-bond acceptors (Lipinski definition) is 4. The lowest BCUT2D eigenvalue weighted by Crippen LogP contribution is -2.50. The zero-order valence-electron chi connectivity index (χ0n) is 13.6. The van der Waals surface area contributed by atoms with Crippen LogP contribution in [-0.2, 0) is 0 Å². The second kappa shape index (κ2) is 6.43. The number of piperazine rings is 1. The molecule has 2 heterocycles. The highest BCUT2D eigenvalue weighted by atomic mass is 15.3. The van der Waals surface area contributed by atoms with E-state index < -0.39 is 0 Å².